The largest absolute Gasteiger partial charge is 0.316 e. The number of hydrogen-bond acceptors (Lipinski definition) is 1. The van der Waals surface area contributed by atoms with E-state index in [0.717, 1.165) is 18.3 Å². The van der Waals surface area contributed by atoms with Gasteiger partial charge in [-0.2, -0.15) is 0 Å². The van der Waals surface area contributed by atoms with Gasteiger partial charge in [0.15, 0.2) is 0 Å². The lowest BCUT2D eigenvalue weighted by Crippen LogP contribution is -2.12. The Morgan fingerprint density at radius 2 is 2.07 bits per heavy atom. The molecule has 1 nitrogen and oxygen atoms in total. The monoisotopic (exact) mass is 203 g/mol. The average molecular weight is 203 g/mol. The van der Waals surface area contributed by atoms with Gasteiger partial charge >= 0.3 is 0 Å². The van der Waals surface area contributed by atoms with Crippen LogP contribution >= 0.6 is 0 Å². The Bertz CT molecular complexity index is 319. The maximum absolute atomic E-state index is 3.47. The molecule has 0 bridgehead atoms. The topological polar surface area (TPSA) is 12.0 Å². The molecule has 1 saturated heterocycles. The normalized spacial score (nSPS) is 25.7. The van der Waals surface area contributed by atoms with Crippen LogP contribution in [0.1, 0.15) is 25.0 Å². The van der Waals surface area contributed by atoms with E-state index in [1.807, 2.05) is 0 Å². The Kier molecular flexibility index (Phi) is 3.42. The van der Waals surface area contributed by atoms with Crippen LogP contribution in [0.3, 0.4) is 0 Å². The summed E-state index contributed by atoms with van der Waals surface area (Å²) in [7, 11) is 0. The van der Waals surface area contributed by atoms with Gasteiger partial charge in [0.05, 0.1) is 0 Å². The first-order chi connectivity index (χ1) is 7.29. The van der Waals surface area contributed by atoms with Crippen LogP contribution in [0.5, 0.6) is 0 Å². The number of hydrogen-bond donors (Lipinski definition) is 1. The molecule has 1 aromatic rings. The summed E-state index contributed by atoms with van der Waals surface area (Å²) in [5, 5.41) is 3.47. The van der Waals surface area contributed by atoms with E-state index in [0.29, 0.717) is 0 Å². The summed E-state index contributed by atoms with van der Waals surface area (Å²) < 4.78 is 0. The van der Waals surface area contributed by atoms with Crippen LogP contribution < -0.4 is 5.32 Å². The van der Waals surface area contributed by atoms with E-state index in [-0.39, 0.29) is 0 Å². The first-order valence-corrected chi connectivity index (χ1v) is 6.08. The zero-order chi connectivity index (χ0) is 10.7. The van der Waals surface area contributed by atoms with E-state index in [1.165, 1.54) is 30.6 Å². The summed E-state index contributed by atoms with van der Waals surface area (Å²) in [4.78, 5) is 0. The summed E-state index contributed by atoms with van der Waals surface area (Å²) >= 11 is 0. The molecule has 0 aliphatic carbocycles. The molecule has 0 saturated carbocycles. The molecule has 82 valence electrons. The van der Waals surface area contributed by atoms with E-state index in [1.54, 1.807) is 0 Å². The molecule has 1 heteroatoms. The lowest BCUT2D eigenvalue weighted by atomic mass is 9.90. The van der Waals surface area contributed by atoms with Gasteiger partial charge in [-0.05, 0) is 48.9 Å². The molecular formula is C14H21N. The highest BCUT2D eigenvalue weighted by Gasteiger charge is 2.22. The van der Waals surface area contributed by atoms with Crippen molar-refractivity contribution in [1.29, 1.82) is 0 Å². The SMILES string of the molecule is CCc1cccc(C[C@@H]2CNC[C@H]2C)c1. The van der Waals surface area contributed by atoms with Crippen molar-refractivity contribution in [2.24, 2.45) is 11.8 Å². The summed E-state index contributed by atoms with van der Waals surface area (Å²) in [6, 6.07) is 9.05. The summed E-state index contributed by atoms with van der Waals surface area (Å²) in [5.41, 5.74) is 2.97. The van der Waals surface area contributed by atoms with E-state index in [9.17, 15) is 0 Å². The van der Waals surface area contributed by atoms with Gasteiger partial charge in [-0.1, -0.05) is 38.1 Å². The Morgan fingerprint density at radius 1 is 1.27 bits per heavy atom. The van der Waals surface area contributed by atoms with Crippen molar-refractivity contribution in [1.82, 2.24) is 5.32 Å². The van der Waals surface area contributed by atoms with Crippen LogP contribution in [0.15, 0.2) is 24.3 Å². The second-order valence-electron chi connectivity index (χ2n) is 4.77. The fraction of sp³-hybridized carbons (Fsp3) is 0.571. The predicted octanol–water partition coefficient (Wildman–Crippen LogP) is 2.65. The third-order valence-electron chi connectivity index (χ3n) is 3.58. The molecule has 15 heavy (non-hydrogen) atoms. The van der Waals surface area contributed by atoms with E-state index in [2.05, 4.69) is 43.4 Å². The molecule has 1 aliphatic heterocycles. The summed E-state index contributed by atoms with van der Waals surface area (Å²) in [6.45, 7) is 6.96. The molecule has 1 aromatic carbocycles. The zero-order valence-corrected chi connectivity index (χ0v) is 9.79. The second kappa shape index (κ2) is 4.80. The first-order valence-electron chi connectivity index (χ1n) is 6.08. The second-order valence-corrected chi connectivity index (χ2v) is 4.77. The highest BCUT2D eigenvalue weighted by molar-refractivity contribution is 5.24. The quantitative estimate of drug-likeness (QED) is 0.796. The van der Waals surface area contributed by atoms with Crippen molar-refractivity contribution < 1.29 is 0 Å². The highest BCUT2D eigenvalue weighted by Crippen LogP contribution is 2.21. The molecule has 0 aromatic heterocycles. The molecule has 1 N–H and O–H groups in total. The van der Waals surface area contributed by atoms with Crippen LogP contribution in [0, 0.1) is 11.8 Å². The third kappa shape index (κ3) is 2.60. The minimum Gasteiger partial charge on any atom is -0.316 e. The first kappa shape index (κ1) is 10.7. The molecule has 2 atom stereocenters. The highest BCUT2D eigenvalue weighted by atomic mass is 14.9. The fourth-order valence-electron chi connectivity index (χ4n) is 2.42. The predicted molar refractivity (Wildman–Crippen MR) is 65.0 cm³/mol. The van der Waals surface area contributed by atoms with Gasteiger partial charge < -0.3 is 5.32 Å². The van der Waals surface area contributed by atoms with Crippen molar-refractivity contribution >= 4 is 0 Å². The van der Waals surface area contributed by atoms with Crippen LogP contribution in [-0.4, -0.2) is 13.1 Å². The Hall–Kier alpha value is -0.820. The van der Waals surface area contributed by atoms with Gasteiger partial charge in [-0.3, -0.25) is 0 Å². The maximum atomic E-state index is 3.47. The number of nitrogens with one attached hydrogen (secondary N) is 1. The minimum atomic E-state index is 0.829. The van der Waals surface area contributed by atoms with Crippen LogP contribution in [0.25, 0.3) is 0 Å². The zero-order valence-electron chi connectivity index (χ0n) is 9.79. The van der Waals surface area contributed by atoms with Crippen molar-refractivity contribution in [3.05, 3.63) is 35.4 Å². The van der Waals surface area contributed by atoms with Crippen LogP contribution in [0.2, 0.25) is 0 Å². The Labute approximate surface area is 92.9 Å². The molecule has 0 radical (unpaired) electrons. The van der Waals surface area contributed by atoms with Crippen LogP contribution in [-0.2, 0) is 12.8 Å². The van der Waals surface area contributed by atoms with E-state index < -0.39 is 0 Å². The third-order valence-corrected chi connectivity index (χ3v) is 3.58. The van der Waals surface area contributed by atoms with Gasteiger partial charge in [0, 0.05) is 0 Å². The van der Waals surface area contributed by atoms with Crippen LogP contribution in [0.4, 0.5) is 0 Å². The molecule has 1 heterocycles. The van der Waals surface area contributed by atoms with Crippen molar-refractivity contribution in [2.45, 2.75) is 26.7 Å². The molecule has 1 aliphatic rings. The maximum Gasteiger partial charge on any atom is -0.00142 e. The standard InChI is InChI=1S/C14H21N/c1-3-12-5-4-6-13(7-12)8-14-10-15-9-11(14)2/h4-7,11,14-15H,3,8-10H2,1-2H3/t11-,14-/m1/s1. The molecule has 0 unspecified atom stereocenters. The molecule has 0 spiro atoms. The molecule has 0 amide bonds. The number of aryl methyl sites for hydroxylation is 1. The van der Waals surface area contributed by atoms with Crippen molar-refractivity contribution in [3.63, 3.8) is 0 Å². The van der Waals surface area contributed by atoms with Gasteiger partial charge in [0.2, 0.25) is 0 Å². The van der Waals surface area contributed by atoms with Gasteiger partial charge in [0.1, 0.15) is 0 Å². The Morgan fingerprint density at radius 3 is 2.73 bits per heavy atom. The minimum absolute atomic E-state index is 0.829. The molecular weight excluding hydrogens is 182 g/mol. The van der Waals surface area contributed by atoms with Gasteiger partial charge in [-0.15, -0.1) is 0 Å². The summed E-state index contributed by atoms with van der Waals surface area (Å²) in [6.07, 6.45) is 2.38. The summed E-state index contributed by atoms with van der Waals surface area (Å²) in [5.74, 6) is 1.66. The lowest BCUT2D eigenvalue weighted by Gasteiger charge is -2.14. The number of benzene rings is 1. The van der Waals surface area contributed by atoms with Crippen molar-refractivity contribution in [3.8, 4) is 0 Å². The van der Waals surface area contributed by atoms with E-state index in [4.69, 9.17) is 0 Å². The fourth-order valence-corrected chi connectivity index (χ4v) is 2.42. The van der Waals surface area contributed by atoms with E-state index >= 15 is 0 Å². The van der Waals surface area contributed by atoms with Gasteiger partial charge in [-0.25, -0.2) is 0 Å². The molecule has 1 fully saturated rings. The smallest absolute Gasteiger partial charge is 0.00142 e. The number of rotatable bonds is 3. The molecule has 2 rings (SSSR count). The lowest BCUT2D eigenvalue weighted by molar-refractivity contribution is 0.450. The van der Waals surface area contributed by atoms with Gasteiger partial charge in [0.25, 0.3) is 0 Å². The Balaban J connectivity index is 2.03. The van der Waals surface area contributed by atoms with Crippen molar-refractivity contribution in [2.75, 3.05) is 13.1 Å². The average Bonchev–Trinajstić information content (AvgIpc) is 2.65.